The van der Waals surface area contributed by atoms with Gasteiger partial charge in [0, 0.05) is 5.56 Å². The van der Waals surface area contributed by atoms with Gasteiger partial charge < -0.3 is 5.73 Å². The molecule has 0 saturated heterocycles. The molecule has 0 unspecified atom stereocenters. The Kier molecular flexibility index (Phi) is 3.42. The minimum absolute atomic E-state index is 0.364. The molecule has 0 aliphatic carbocycles. The van der Waals surface area contributed by atoms with E-state index in [1.165, 1.54) is 12.1 Å². The van der Waals surface area contributed by atoms with Crippen LogP contribution in [0.25, 0.3) is 0 Å². The molecule has 100 valence electrons. The smallest absolute Gasteiger partial charge is 0.384 e. The molecule has 0 saturated carbocycles. The summed E-state index contributed by atoms with van der Waals surface area (Å²) in [7, 11) is 0. The third-order valence-corrected chi connectivity index (χ3v) is 2.67. The summed E-state index contributed by atoms with van der Waals surface area (Å²) in [5.41, 5.74) is 6.66. The van der Waals surface area contributed by atoms with Crippen LogP contribution in [-0.4, -0.2) is 18.0 Å². The van der Waals surface area contributed by atoms with Crippen LogP contribution < -0.4 is 5.73 Å². The van der Waals surface area contributed by atoms with Crippen molar-refractivity contribution in [2.45, 2.75) is 13.1 Å². The van der Waals surface area contributed by atoms with Crippen molar-refractivity contribution < 1.29 is 13.2 Å². The van der Waals surface area contributed by atoms with E-state index in [0.29, 0.717) is 29.4 Å². The fourth-order valence-corrected chi connectivity index (χ4v) is 1.75. The first-order valence-electron chi connectivity index (χ1n) is 5.61. The van der Waals surface area contributed by atoms with Crippen LogP contribution in [0.3, 0.4) is 0 Å². The molecule has 0 aromatic heterocycles. The Labute approximate surface area is 108 Å². The lowest BCUT2D eigenvalue weighted by molar-refractivity contribution is -0.137. The van der Waals surface area contributed by atoms with Crippen molar-refractivity contribution in [1.29, 1.82) is 0 Å². The molecule has 3 nitrogen and oxygen atoms in total. The summed E-state index contributed by atoms with van der Waals surface area (Å²) in [5, 5.41) is 0. The molecule has 0 radical (unpaired) electrons. The van der Waals surface area contributed by atoms with Gasteiger partial charge in [-0.05, 0) is 25.1 Å². The average molecular weight is 267 g/mol. The van der Waals surface area contributed by atoms with Gasteiger partial charge in [-0.25, -0.2) is 4.99 Å². The molecular formula is C13H12F3N3. The van der Waals surface area contributed by atoms with Crippen LogP contribution in [-0.2, 0) is 6.18 Å². The molecular weight excluding hydrogens is 255 g/mol. The highest BCUT2D eigenvalue weighted by molar-refractivity contribution is 6.47. The van der Waals surface area contributed by atoms with Crippen LogP contribution in [0.5, 0.6) is 0 Å². The quantitative estimate of drug-likeness (QED) is 0.835. The lowest BCUT2D eigenvalue weighted by Gasteiger charge is -2.09. The SMILES string of the molecule is CC1=NC(N)=CCN=C1c1ccc(C(F)(F)F)cc1. The number of nitrogens with zero attached hydrogens (tertiary/aromatic N) is 2. The van der Waals surface area contributed by atoms with E-state index in [9.17, 15) is 13.2 Å². The number of alkyl halides is 3. The molecule has 19 heavy (non-hydrogen) atoms. The summed E-state index contributed by atoms with van der Waals surface area (Å²) < 4.78 is 37.4. The molecule has 0 atom stereocenters. The summed E-state index contributed by atoms with van der Waals surface area (Å²) in [6.45, 7) is 2.09. The largest absolute Gasteiger partial charge is 0.416 e. The topological polar surface area (TPSA) is 50.7 Å². The Balaban J connectivity index is 2.34. The molecule has 2 rings (SSSR count). The van der Waals surface area contributed by atoms with Crippen molar-refractivity contribution in [3.05, 3.63) is 47.3 Å². The zero-order chi connectivity index (χ0) is 14.0. The maximum Gasteiger partial charge on any atom is 0.416 e. The Morgan fingerprint density at radius 3 is 2.37 bits per heavy atom. The number of nitrogens with two attached hydrogens (primary N) is 1. The van der Waals surface area contributed by atoms with E-state index in [1.807, 2.05) is 0 Å². The van der Waals surface area contributed by atoms with Crippen molar-refractivity contribution in [2.24, 2.45) is 15.7 Å². The summed E-state index contributed by atoms with van der Waals surface area (Å²) >= 11 is 0. The molecule has 0 spiro atoms. The minimum Gasteiger partial charge on any atom is -0.384 e. The fourth-order valence-electron chi connectivity index (χ4n) is 1.75. The summed E-state index contributed by atoms with van der Waals surface area (Å²) in [6, 6.07) is 4.85. The van der Waals surface area contributed by atoms with Gasteiger partial charge in [-0.15, -0.1) is 0 Å². The second kappa shape index (κ2) is 4.87. The summed E-state index contributed by atoms with van der Waals surface area (Å²) in [4.78, 5) is 8.37. The van der Waals surface area contributed by atoms with Crippen molar-refractivity contribution in [3.8, 4) is 0 Å². The van der Waals surface area contributed by atoms with E-state index in [0.717, 1.165) is 12.1 Å². The molecule has 0 fully saturated rings. The lowest BCUT2D eigenvalue weighted by atomic mass is 10.0. The summed E-state index contributed by atoms with van der Waals surface area (Å²) in [5.74, 6) is 0.364. The first-order chi connectivity index (χ1) is 8.88. The van der Waals surface area contributed by atoms with Crippen molar-refractivity contribution >= 4 is 11.4 Å². The van der Waals surface area contributed by atoms with Crippen LogP contribution in [0, 0.1) is 0 Å². The van der Waals surface area contributed by atoms with Gasteiger partial charge in [0.05, 0.1) is 23.5 Å². The zero-order valence-electron chi connectivity index (χ0n) is 10.2. The van der Waals surface area contributed by atoms with E-state index in [-0.39, 0.29) is 0 Å². The number of aliphatic imine (C=N–C) groups is 2. The number of hydrogen-bond donors (Lipinski definition) is 1. The van der Waals surface area contributed by atoms with Gasteiger partial charge >= 0.3 is 6.18 Å². The Morgan fingerprint density at radius 1 is 1.16 bits per heavy atom. The van der Waals surface area contributed by atoms with E-state index in [1.54, 1.807) is 13.0 Å². The van der Waals surface area contributed by atoms with Gasteiger partial charge in [-0.2, -0.15) is 13.2 Å². The Bertz CT molecular complexity index is 566. The Morgan fingerprint density at radius 2 is 1.79 bits per heavy atom. The number of benzene rings is 1. The third-order valence-electron chi connectivity index (χ3n) is 2.67. The second-order valence-electron chi connectivity index (χ2n) is 4.09. The monoisotopic (exact) mass is 267 g/mol. The van der Waals surface area contributed by atoms with E-state index in [2.05, 4.69) is 9.98 Å². The van der Waals surface area contributed by atoms with Gasteiger partial charge in [0.2, 0.25) is 0 Å². The first-order valence-corrected chi connectivity index (χ1v) is 5.61. The van der Waals surface area contributed by atoms with Gasteiger partial charge in [-0.3, -0.25) is 4.99 Å². The number of halogens is 3. The molecule has 1 aromatic rings. The third kappa shape index (κ3) is 3.01. The van der Waals surface area contributed by atoms with Gasteiger partial charge in [0.25, 0.3) is 0 Å². The van der Waals surface area contributed by atoms with Gasteiger partial charge in [-0.1, -0.05) is 12.1 Å². The van der Waals surface area contributed by atoms with Crippen LogP contribution in [0.15, 0.2) is 46.1 Å². The lowest BCUT2D eigenvalue weighted by Crippen LogP contribution is -2.13. The van der Waals surface area contributed by atoms with Crippen LogP contribution in [0.4, 0.5) is 13.2 Å². The van der Waals surface area contributed by atoms with Gasteiger partial charge in [0.1, 0.15) is 5.82 Å². The highest BCUT2D eigenvalue weighted by Gasteiger charge is 2.30. The predicted octanol–water partition coefficient (Wildman–Crippen LogP) is 2.77. The van der Waals surface area contributed by atoms with Crippen LogP contribution in [0.1, 0.15) is 18.1 Å². The highest BCUT2D eigenvalue weighted by atomic mass is 19.4. The van der Waals surface area contributed by atoms with Crippen molar-refractivity contribution in [3.63, 3.8) is 0 Å². The maximum atomic E-state index is 12.5. The minimum atomic E-state index is -4.33. The molecule has 0 bridgehead atoms. The van der Waals surface area contributed by atoms with Crippen LogP contribution in [0.2, 0.25) is 0 Å². The molecule has 1 heterocycles. The second-order valence-corrected chi connectivity index (χ2v) is 4.09. The van der Waals surface area contributed by atoms with E-state index in [4.69, 9.17) is 5.73 Å². The molecule has 6 heteroatoms. The van der Waals surface area contributed by atoms with Crippen LogP contribution >= 0.6 is 0 Å². The number of rotatable bonds is 1. The van der Waals surface area contributed by atoms with Crippen molar-refractivity contribution in [2.75, 3.05) is 6.54 Å². The van der Waals surface area contributed by atoms with E-state index < -0.39 is 11.7 Å². The highest BCUT2D eigenvalue weighted by Crippen LogP contribution is 2.29. The van der Waals surface area contributed by atoms with E-state index >= 15 is 0 Å². The normalized spacial score (nSPS) is 16.3. The Hall–Kier alpha value is -2.11. The molecule has 2 N–H and O–H groups in total. The van der Waals surface area contributed by atoms with Crippen molar-refractivity contribution in [1.82, 2.24) is 0 Å². The molecule has 1 aliphatic rings. The maximum absolute atomic E-state index is 12.5. The average Bonchev–Trinajstić information content (AvgIpc) is 2.49. The molecule has 1 aromatic carbocycles. The van der Waals surface area contributed by atoms with Gasteiger partial charge in [0.15, 0.2) is 0 Å². The summed E-state index contributed by atoms with van der Waals surface area (Å²) in [6.07, 6.45) is -2.68. The first kappa shape index (κ1) is 13.3. The zero-order valence-corrected chi connectivity index (χ0v) is 10.2. The molecule has 0 amide bonds. The standard InChI is InChI=1S/C13H12F3N3/c1-8-12(18-7-6-11(17)19-8)9-2-4-10(5-3-9)13(14,15)16/h2-6H,7,17H2,1H3. The number of hydrogen-bond acceptors (Lipinski definition) is 3. The predicted molar refractivity (Wildman–Crippen MR) is 68.2 cm³/mol. The fraction of sp³-hybridized carbons (Fsp3) is 0.231. The molecule has 1 aliphatic heterocycles.